The molecule has 0 spiro atoms. The number of nitrogens with zero attached hydrogens (tertiary/aromatic N) is 2. The first kappa shape index (κ1) is 29.0. The maximum atomic E-state index is 13.8. The van der Waals surface area contributed by atoms with Crippen LogP contribution in [0.25, 0.3) is 0 Å². The number of aryl methyl sites for hydroxylation is 1. The molecule has 2 heterocycles. The van der Waals surface area contributed by atoms with Crippen molar-refractivity contribution in [2.45, 2.75) is 38.8 Å². The van der Waals surface area contributed by atoms with E-state index in [9.17, 15) is 9.59 Å². The minimum Gasteiger partial charge on any atom is -0.497 e. The van der Waals surface area contributed by atoms with Crippen LogP contribution in [-0.4, -0.2) is 75.3 Å². The van der Waals surface area contributed by atoms with E-state index in [0.717, 1.165) is 24.2 Å². The van der Waals surface area contributed by atoms with Crippen LogP contribution in [0.2, 0.25) is 0 Å². The van der Waals surface area contributed by atoms with E-state index in [-0.39, 0.29) is 24.5 Å². The molecule has 1 atom stereocenters. The van der Waals surface area contributed by atoms with Crippen LogP contribution >= 0.6 is 0 Å². The first-order valence-electron chi connectivity index (χ1n) is 13.5. The van der Waals surface area contributed by atoms with Gasteiger partial charge in [0, 0.05) is 25.3 Å². The molecule has 1 saturated heterocycles. The Morgan fingerprint density at radius 3 is 2.33 bits per heavy atom. The second-order valence-electron chi connectivity index (χ2n) is 9.82. The van der Waals surface area contributed by atoms with Crippen molar-refractivity contribution in [2.75, 3.05) is 47.6 Å². The molecule has 214 valence electrons. The lowest BCUT2D eigenvalue weighted by Crippen LogP contribution is -2.46. The smallest absolute Gasteiger partial charge is 0.254 e. The molecule has 0 saturated carbocycles. The summed E-state index contributed by atoms with van der Waals surface area (Å²) in [6.45, 7) is 3.54. The Kier molecular flexibility index (Phi) is 10.1. The normalized spacial score (nSPS) is 14.6. The molecule has 0 bridgehead atoms. The largest absolute Gasteiger partial charge is 0.497 e. The Balaban J connectivity index is 1.53. The molecule has 0 radical (unpaired) electrons. The van der Waals surface area contributed by atoms with Gasteiger partial charge in [0.1, 0.15) is 23.8 Å². The van der Waals surface area contributed by atoms with Crippen molar-refractivity contribution >= 4 is 11.8 Å². The number of methoxy groups -OCH3 is 3. The van der Waals surface area contributed by atoms with Gasteiger partial charge in [-0.15, -0.1) is 0 Å². The van der Waals surface area contributed by atoms with Crippen molar-refractivity contribution in [3.63, 3.8) is 0 Å². The molecule has 1 unspecified atom stereocenters. The predicted molar refractivity (Wildman–Crippen MR) is 150 cm³/mol. The highest BCUT2D eigenvalue weighted by Crippen LogP contribution is 2.28. The van der Waals surface area contributed by atoms with Gasteiger partial charge >= 0.3 is 0 Å². The highest BCUT2D eigenvalue weighted by Gasteiger charge is 2.27. The lowest BCUT2D eigenvalue weighted by atomic mass is 10.1. The van der Waals surface area contributed by atoms with Gasteiger partial charge in [-0.05, 0) is 80.3 Å². The van der Waals surface area contributed by atoms with E-state index in [2.05, 4.69) is 0 Å². The Morgan fingerprint density at radius 1 is 0.925 bits per heavy atom. The molecule has 40 heavy (non-hydrogen) atoms. The van der Waals surface area contributed by atoms with Gasteiger partial charge in [-0.3, -0.25) is 9.59 Å². The van der Waals surface area contributed by atoms with Gasteiger partial charge in [0.15, 0.2) is 11.5 Å². The van der Waals surface area contributed by atoms with Gasteiger partial charge < -0.3 is 33.2 Å². The van der Waals surface area contributed by atoms with E-state index in [1.807, 2.05) is 37.3 Å². The van der Waals surface area contributed by atoms with Crippen LogP contribution < -0.4 is 14.2 Å². The number of rotatable bonds is 13. The summed E-state index contributed by atoms with van der Waals surface area (Å²) in [7, 11) is 4.77. The van der Waals surface area contributed by atoms with Crippen LogP contribution in [-0.2, 0) is 22.5 Å². The zero-order valence-electron chi connectivity index (χ0n) is 23.7. The minimum atomic E-state index is -0.222. The van der Waals surface area contributed by atoms with Crippen molar-refractivity contribution in [3.05, 3.63) is 77.2 Å². The SMILES string of the molecule is COc1ccc(C(=O)N(CC(=O)N(CCc2ccc(OC)c(OC)c2)Cc2ccc(C)o2)CC2CCCO2)cc1. The topological polar surface area (TPSA) is 90.7 Å². The molecule has 1 aliphatic heterocycles. The van der Waals surface area contributed by atoms with Gasteiger partial charge in [0.05, 0.1) is 34.0 Å². The summed E-state index contributed by atoms with van der Waals surface area (Å²) in [5.74, 6) is 3.00. The minimum absolute atomic E-state index is 0.0731. The molecular formula is C31H38N2O7. The average Bonchev–Trinajstić information content (AvgIpc) is 3.65. The average molecular weight is 551 g/mol. The molecule has 2 amide bonds. The fraction of sp³-hybridized carbons (Fsp3) is 0.419. The highest BCUT2D eigenvalue weighted by molar-refractivity contribution is 5.96. The standard InChI is InChI=1S/C31H38N2O7/c1-22-7-11-27(40-22)20-32(16-15-23-8-14-28(37-3)29(18-23)38-4)30(34)21-33(19-26-6-5-17-39-26)31(35)24-9-12-25(36-2)13-10-24/h7-14,18,26H,5-6,15-17,19-21H2,1-4H3. The van der Waals surface area contributed by atoms with Crippen LogP contribution in [0, 0.1) is 6.92 Å². The summed E-state index contributed by atoms with van der Waals surface area (Å²) in [5, 5.41) is 0. The van der Waals surface area contributed by atoms with Crippen LogP contribution in [0.4, 0.5) is 0 Å². The molecule has 2 aromatic carbocycles. The van der Waals surface area contributed by atoms with Crippen LogP contribution in [0.1, 0.15) is 40.3 Å². The molecule has 4 rings (SSSR count). The van der Waals surface area contributed by atoms with Gasteiger partial charge in [-0.25, -0.2) is 0 Å². The number of carbonyl (C=O) groups is 2. The third-order valence-electron chi connectivity index (χ3n) is 7.01. The summed E-state index contributed by atoms with van der Waals surface area (Å²) in [4.78, 5) is 30.7. The fourth-order valence-electron chi connectivity index (χ4n) is 4.78. The second kappa shape index (κ2) is 13.9. The summed E-state index contributed by atoms with van der Waals surface area (Å²) in [5.41, 5.74) is 1.49. The molecule has 1 aromatic heterocycles. The molecular weight excluding hydrogens is 512 g/mol. The quantitative estimate of drug-likeness (QED) is 0.309. The molecule has 0 N–H and O–H groups in total. The lowest BCUT2D eigenvalue weighted by molar-refractivity contribution is -0.133. The molecule has 9 heteroatoms. The monoisotopic (exact) mass is 550 g/mol. The maximum absolute atomic E-state index is 13.8. The molecule has 1 aliphatic rings. The number of hydrogen-bond acceptors (Lipinski definition) is 7. The van der Waals surface area contributed by atoms with Crippen LogP contribution in [0.3, 0.4) is 0 Å². The van der Waals surface area contributed by atoms with Gasteiger partial charge in [-0.2, -0.15) is 0 Å². The van der Waals surface area contributed by atoms with E-state index < -0.39 is 0 Å². The molecule has 0 aliphatic carbocycles. The number of amides is 2. The first-order chi connectivity index (χ1) is 19.4. The van der Waals surface area contributed by atoms with Crippen molar-refractivity contribution in [3.8, 4) is 17.2 Å². The van der Waals surface area contributed by atoms with Gasteiger partial charge in [-0.1, -0.05) is 6.07 Å². The van der Waals surface area contributed by atoms with E-state index in [1.54, 1.807) is 55.4 Å². The Morgan fingerprint density at radius 2 is 1.70 bits per heavy atom. The molecule has 9 nitrogen and oxygen atoms in total. The number of hydrogen-bond donors (Lipinski definition) is 0. The zero-order chi connectivity index (χ0) is 28.5. The van der Waals surface area contributed by atoms with Crippen LogP contribution in [0.5, 0.6) is 17.2 Å². The van der Waals surface area contributed by atoms with E-state index >= 15 is 0 Å². The predicted octanol–water partition coefficient (Wildman–Crippen LogP) is 4.51. The summed E-state index contributed by atoms with van der Waals surface area (Å²) in [6, 6.07) is 16.4. The number of carbonyl (C=O) groups excluding carboxylic acids is 2. The Hall–Kier alpha value is -3.98. The Bertz CT molecular complexity index is 1260. The lowest BCUT2D eigenvalue weighted by Gasteiger charge is -2.29. The van der Waals surface area contributed by atoms with Gasteiger partial charge in [0.2, 0.25) is 5.91 Å². The van der Waals surface area contributed by atoms with Crippen molar-refractivity contribution in [1.29, 1.82) is 0 Å². The Labute approximate surface area is 235 Å². The number of ether oxygens (including phenoxy) is 4. The highest BCUT2D eigenvalue weighted by atomic mass is 16.5. The third kappa shape index (κ3) is 7.57. The molecule has 3 aromatic rings. The van der Waals surface area contributed by atoms with Gasteiger partial charge in [0.25, 0.3) is 5.91 Å². The van der Waals surface area contributed by atoms with Crippen LogP contribution in [0.15, 0.2) is 59.0 Å². The van der Waals surface area contributed by atoms with E-state index in [0.29, 0.717) is 61.2 Å². The maximum Gasteiger partial charge on any atom is 0.254 e. The van der Waals surface area contributed by atoms with E-state index in [4.69, 9.17) is 23.4 Å². The van der Waals surface area contributed by atoms with E-state index in [1.165, 1.54) is 0 Å². The fourth-order valence-corrected chi connectivity index (χ4v) is 4.78. The second-order valence-corrected chi connectivity index (χ2v) is 9.82. The first-order valence-corrected chi connectivity index (χ1v) is 13.5. The zero-order valence-corrected chi connectivity index (χ0v) is 23.7. The van der Waals surface area contributed by atoms with Crippen molar-refractivity contribution in [1.82, 2.24) is 9.80 Å². The number of benzene rings is 2. The number of furan rings is 1. The van der Waals surface area contributed by atoms with Crippen molar-refractivity contribution < 1.29 is 33.0 Å². The summed E-state index contributed by atoms with van der Waals surface area (Å²) in [6.07, 6.45) is 2.29. The third-order valence-corrected chi connectivity index (χ3v) is 7.01. The summed E-state index contributed by atoms with van der Waals surface area (Å²) < 4.78 is 27.6. The van der Waals surface area contributed by atoms with Crippen molar-refractivity contribution in [2.24, 2.45) is 0 Å². The molecule has 1 fully saturated rings. The summed E-state index contributed by atoms with van der Waals surface area (Å²) >= 11 is 0.